The number of hydrogen-bond acceptors (Lipinski definition) is 6. The fraction of sp³-hybridized carbons (Fsp3) is 0.381. The maximum Gasteiger partial charge on any atom is 0.255 e. The second-order valence-corrected chi connectivity index (χ2v) is 9.64. The molecule has 2 aromatic rings. The van der Waals surface area contributed by atoms with Gasteiger partial charge in [-0.15, -0.1) is 0 Å². The number of halogens is 1. The average molecular weight is 454 g/mol. The number of ether oxygens (including phenoxy) is 3. The molecule has 1 aliphatic rings. The number of sulfone groups is 1. The van der Waals surface area contributed by atoms with E-state index in [1.54, 1.807) is 41.3 Å². The highest BCUT2D eigenvalue weighted by Crippen LogP contribution is 2.39. The van der Waals surface area contributed by atoms with Crippen molar-refractivity contribution in [3.05, 3.63) is 52.5 Å². The lowest BCUT2D eigenvalue weighted by Crippen LogP contribution is -2.40. The summed E-state index contributed by atoms with van der Waals surface area (Å²) in [6.07, 6.45) is 0.378. The molecule has 0 spiro atoms. The predicted octanol–water partition coefficient (Wildman–Crippen LogP) is 3.20. The molecule has 0 unspecified atom stereocenters. The molecule has 1 heterocycles. The summed E-state index contributed by atoms with van der Waals surface area (Å²) in [4.78, 5) is 14.9. The Kier molecular flexibility index (Phi) is 6.77. The summed E-state index contributed by atoms with van der Waals surface area (Å²) < 4.78 is 40.3. The average Bonchev–Trinajstić information content (AvgIpc) is 3.10. The standard InChI is InChI=1S/C21H24ClNO6S/c1-27-18-10-14(11-19(28-2)20(18)29-3)12-23(15-8-9-30(25,26)13-15)21(24)16-6-4-5-7-17(16)22/h4-7,10-11,15H,8-9,12-13H2,1-3H3/t15-/m1/s1. The molecule has 2 aromatic carbocycles. The third-order valence-electron chi connectivity index (χ3n) is 5.09. The number of nitrogens with zero attached hydrogens (tertiary/aromatic N) is 1. The van der Waals surface area contributed by atoms with Crippen molar-refractivity contribution in [3.63, 3.8) is 0 Å². The van der Waals surface area contributed by atoms with E-state index in [0.717, 1.165) is 0 Å². The Morgan fingerprint density at radius 3 is 2.23 bits per heavy atom. The van der Waals surface area contributed by atoms with Crippen LogP contribution >= 0.6 is 11.6 Å². The first-order valence-corrected chi connectivity index (χ1v) is 11.5. The van der Waals surface area contributed by atoms with E-state index in [9.17, 15) is 13.2 Å². The predicted molar refractivity (Wildman–Crippen MR) is 114 cm³/mol. The van der Waals surface area contributed by atoms with E-state index < -0.39 is 15.9 Å². The number of rotatable bonds is 7. The van der Waals surface area contributed by atoms with Gasteiger partial charge in [0, 0.05) is 12.6 Å². The molecule has 1 amide bonds. The van der Waals surface area contributed by atoms with Crippen LogP contribution in [0.1, 0.15) is 22.3 Å². The second-order valence-electron chi connectivity index (χ2n) is 7.00. The van der Waals surface area contributed by atoms with Crippen LogP contribution in [0.2, 0.25) is 5.02 Å². The Labute approximate surface area is 181 Å². The van der Waals surface area contributed by atoms with Gasteiger partial charge >= 0.3 is 0 Å². The number of benzene rings is 2. The SMILES string of the molecule is COc1cc(CN(C(=O)c2ccccc2Cl)[C@@H]2CCS(=O)(=O)C2)cc(OC)c1OC. The molecule has 0 bridgehead atoms. The Morgan fingerprint density at radius 2 is 1.73 bits per heavy atom. The Balaban J connectivity index is 2.01. The normalized spacial score (nSPS) is 17.4. The smallest absolute Gasteiger partial charge is 0.255 e. The van der Waals surface area contributed by atoms with E-state index in [0.29, 0.717) is 39.8 Å². The lowest BCUT2D eigenvalue weighted by molar-refractivity contribution is 0.0680. The van der Waals surface area contributed by atoms with Gasteiger partial charge in [-0.05, 0) is 36.2 Å². The van der Waals surface area contributed by atoms with E-state index in [2.05, 4.69) is 0 Å². The van der Waals surface area contributed by atoms with E-state index in [-0.39, 0.29) is 24.0 Å². The maximum absolute atomic E-state index is 13.4. The third kappa shape index (κ3) is 4.65. The van der Waals surface area contributed by atoms with Crippen molar-refractivity contribution in [1.82, 2.24) is 4.90 Å². The van der Waals surface area contributed by atoms with Gasteiger partial charge in [0.25, 0.3) is 5.91 Å². The lowest BCUT2D eigenvalue weighted by Gasteiger charge is -2.29. The minimum atomic E-state index is -3.19. The lowest BCUT2D eigenvalue weighted by atomic mass is 10.1. The first-order chi connectivity index (χ1) is 14.3. The van der Waals surface area contributed by atoms with Crippen LogP contribution in [0.3, 0.4) is 0 Å². The first kappa shape index (κ1) is 22.2. The number of hydrogen-bond donors (Lipinski definition) is 0. The van der Waals surface area contributed by atoms with Gasteiger partial charge in [-0.2, -0.15) is 0 Å². The second kappa shape index (κ2) is 9.14. The fourth-order valence-corrected chi connectivity index (χ4v) is 5.55. The summed E-state index contributed by atoms with van der Waals surface area (Å²) in [5.74, 6) is 1.01. The first-order valence-electron chi connectivity index (χ1n) is 9.34. The Morgan fingerprint density at radius 1 is 1.10 bits per heavy atom. The molecular weight excluding hydrogens is 430 g/mol. The molecule has 0 saturated carbocycles. The molecule has 30 heavy (non-hydrogen) atoms. The number of carbonyl (C=O) groups excluding carboxylic acids is 1. The highest BCUT2D eigenvalue weighted by molar-refractivity contribution is 7.91. The summed E-state index contributed by atoms with van der Waals surface area (Å²) in [6.45, 7) is 0.168. The minimum absolute atomic E-state index is 0.0548. The Bertz CT molecular complexity index is 1010. The van der Waals surface area contributed by atoms with Crippen molar-refractivity contribution in [2.24, 2.45) is 0 Å². The van der Waals surface area contributed by atoms with Crippen molar-refractivity contribution in [3.8, 4) is 17.2 Å². The summed E-state index contributed by atoms with van der Waals surface area (Å²) >= 11 is 6.24. The van der Waals surface area contributed by atoms with Gasteiger partial charge < -0.3 is 19.1 Å². The van der Waals surface area contributed by atoms with E-state index in [1.807, 2.05) is 0 Å². The third-order valence-corrected chi connectivity index (χ3v) is 7.17. The van der Waals surface area contributed by atoms with Gasteiger partial charge in [-0.3, -0.25) is 4.79 Å². The van der Waals surface area contributed by atoms with Crippen molar-refractivity contribution < 1.29 is 27.4 Å². The molecule has 3 rings (SSSR count). The minimum Gasteiger partial charge on any atom is -0.493 e. The summed E-state index contributed by atoms with van der Waals surface area (Å²) in [5, 5.41) is 0.318. The van der Waals surface area contributed by atoms with Crippen molar-refractivity contribution in [2.75, 3.05) is 32.8 Å². The van der Waals surface area contributed by atoms with Crippen molar-refractivity contribution >= 4 is 27.3 Å². The molecule has 1 fully saturated rings. The zero-order chi connectivity index (χ0) is 21.9. The zero-order valence-electron chi connectivity index (χ0n) is 17.1. The summed E-state index contributed by atoms with van der Waals surface area (Å²) in [5.41, 5.74) is 1.05. The van der Waals surface area contributed by atoms with Crippen LogP contribution in [0, 0.1) is 0 Å². The molecule has 7 nitrogen and oxygen atoms in total. The molecule has 1 saturated heterocycles. The van der Waals surface area contributed by atoms with Crippen LogP contribution in [0.15, 0.2) is 36.4 Å². The molecule has 9 heteroatoms. The van der Waals surface area contributed by atoms with Crippen LogP contribution < -0.4 is 14.2 Å². The highest BCUT2D eigenvalue weighted by Gasteiger charge is 2.35. The topological polar surface area (TPSA) is 82.1 Å². The maximum atomic E-state index is 13.4. The molecule has 0 N–H and O–H groups in total. The van der Waals surface area contributed by atoms with Crippen molar-refractivity contribution in [2.45, 2.75) is 19.0 Å². The zero-order valence-corrected chi connectivity index (χ0v) is 18.6. The molecule has 0 aromatic heterocycles. The van der Waals surface area contributed by atoms with Crippen LogP contribution in [-0.4, -0.2) is 58.1 Å². The van der Waals surface area contributed by atoms with Gasteiger partial charge in [-0.25, -0.2) is 8.42 Å². The molecule has 162 valence electrons. The van der Waals surface area contributed by atoms with E-state index >= 15 is 0 Å². The van der Waals surface area contributed by atoms with Gasteiger partial charge in [0.15, 0.2) is 21.3 Å². The summed E-state index contributed by atoms with van der Waals surface area (Å²) in [7, 11) is 1.34. The monoisotopic (exact) mass is 453 g/mol. The molecular formula is C21H24ClNO6S. The number of carbonyl (C=O) groups is 1. The van der Waals surface area contributed by atoms with Crippen LogP contribution in [-0.2, 0) is 16.4 Å². The fourth-order valence-electron chi connectivity index (χ4n) is 3.60. The molecule has 1 atom stereocenters. The van der Waals surface area contributed by atoms with Crippen LogP contribution in [0.5, 0.6) is 17.2 Å². The molecule has 0 aliphatic carbocycles. The molecule has 1 aliphatic heterocycles. The molecule has 0 radical (unpaired) electrons. The van der Waals surface area contributed by atoms with Gasteiger partial charge in [0.2, 0.25) is 5.75 Å². The highest BCUT2D eigenvalue weighted by atomic mass is 35.5. The Hall–Kier alpha value is -2.45. The van der Waals surface area contributed by atoms with Gasteiger partial charge in [-0.1, -0.05) is 23.7 Å². The van der Waals surface area contributed by atoms with E-state index in [1.165, 1.54) is 21.3 Å². The van der Waals surface area contributed by atoms with Gasteiger partial charge in [0.1, 0.15) is 0 Å². The quantitative estimate of drug-likeness (QED) is 0.640. The van der Waals surface area contributed by atoms with Crippen LogP contribution in [0.4, 0.5) is 0 Å². The summed E-state index contributed by atoms with van der Waals surface area (Å²) in [6, 6.07) is 9.78. The van der Waals surface area contributed by atoms with Crippen molar-refractivity contribution in [1.29, 1.82) is 0 Å². The largest absolute Gasteiger partial charge is 0.493 e. The van der Waals surface area contributed by atoms with Crippen LogP contribution in [0.25, 0.3) is 0 Å². The number of amides is 1. The van der Waals surface area contributed by atoms with Gasteiger partial charge in [0.05, 0.1) is 43.4 Å². The van der Waals surface area contributed by atoms with E-state index in [4.69, 9.17) is 25.8 Å². The number of methoxy groups -OCH3 is 3.